The molecule has 0 saturated heterocycles. The van der Waals surface area contributed by atoms with E-state index in [2.05, 4.69) is 15.7 Å². The van der Waals surface area contributed by atoms with Crippen LogP contribution in [0.3, 0.4) is 0 Å². The smallest absolute Gasteiger partial charge is 0.331 e. The molecule has 9 heteroatoms. The highest BCUT2D eigenvalue weighted by Crippen LogP contribution is 2.17. The van der Waals surface area contributed by atoms with Crippen LogP contribution in [0.2, 0.25) is 0 Å². The minimum atomic E-state index is -1.23. The SMILES string of the molecule is CC(NC(=O)c1cccs1)C(=O)Nc1cnn(C(C)(C)C(=O)O)c1. The maximum Gasteiger partial charge on any atom is 0.331 e. The normalized spacial score (nSPS) is 12.5. The molecule has 2 aromatic rings. The van der Waals surface area contributed by atoms with Crippen molar-refractivity contribution in [1.29, 1.82) is 0 Å². The predicted octanol–water partition coefficient (Wildman–Crippen LogP) is 1.52. The van der Waals surface area contributed by atoms with Crippen LogP contribution in [-0.2, 0) is 15.1 Å². The van der Waals surface area contributed by atoms with Gasteiger partial charge in [-0.15, -0.1) is 11.3 Å². The minimum Gasteiger partial charge on any atom is -0.479 e. The lowest BCUT2D eigenvalue weighted by molar-refractivity contribution is -0.146. The highest BCUT2D eigenvalue weighted by atomic mass is 32.1. The molecule has 24 heavy (non-hydrogen) atoms. The fourth-order valence-electron chi connectivity index (χ4n) is 1.78. The largest absolute Gasteiger partial charge is 0.479 e. The Morgan fingerprint density at radius 1 is 1.38 bits per heavy atom. The van der Waals surface area contributed by atoms with Crippen molar-refractivity contribution in [3.63, 3.8) is 0 Å². The number of thiophene rings is 1. The highest BCUT2D eigenvalue weighted by Gasteiger charge is 2.30. The number of amides is 2. The number of carbonyl (C=O) groups excluding carboxylic acids is 2. The van der Waals surface area contributed by atoms with E-state index in [4.69, 9.17) is 5.11 Å². The summed E-state index contributed by atoms with van der Waals surface area (Å²) in [6, 6.07) is 2.67. The molecule has 0 aliphatic rings. The van der Waals surface area contributed by atoms with Crippen molar-refractivity contribution in [2.75, 3.05) is 5.32 Å². The number of rotatable bonds is 6. The van der Waals surface area contributed by atoms with Gasteiger partial charge in [-0.2, -0.15) is 5.10 Å². The number of nitrogens with one attached hydrogen (secondary N) is 2. The van der Waals surface area contributed by atoms with Gasteiger partial charge in [-0.05, 0) is 32.2 Å². The summed E-state index contributed by atoms with van der Waals surface area (Å²) < 4.78 is 1.25. The lowest BCUT2D eigenvalue weighted by atomic mass is 10.1. The average molecular weight is 350 g/mol. The van der Waals surface area contributed by atoms with Gasteiger partial charge in [-0.1, -0.05) is 6.07 Å². The quantitative estimate of drug-likeness (QED) is 0.731. The summed E-state index contributed by atoms with van der Waals surface area (Å²) >= 11 is 1.28. The second-order valence-corrected chi connectivity index (χ2v) is 6.65. The number of hydrogen-bond donors (Lipinski definition) is 3. The molecule has 128 valence electrons. The molecule has 0 spiro atoms. The Morgan fingerprint density at radius 2 is 2.08 bits per heavy atom. The van der Waals surface area contributed by atoms with E-state index in [0.717, 1.165) is 0 Å². The van der Waals surface area contributed by atoms with E-state index in [1.165, 1.54) is 42.3 Å². The van der Waals surface area contributed by atoms with E-state index in [1.807, 2.05) is 0 Å². The summed E-state index contributed by atoms with van der Waals surface area (Å²) in [5, 5.41) is 20.1. The third-order valence-corrected chi connectivity index (χ3v) is 4.30. The monoisotopic (exact) mass is 350 g/mol. The number of anilines is 1. The number of carboxylic acid groups (broad SMARTS) is 1. The van der Waals surface area contributed by atoms with E-state index < -0.39 is 23.5 Å². The first-order chi connectivity index (χ1) is 11.2. The molecule has 2 heterocycles. The number of carboxylic acids is 1. The van der Waals surface area contributed by atoms with Crippen LogP contribution in [0.4, 0.5) is 5.69 Å². The molecule has 8 nitrogen and oxygen atoms in total. The number of aliphatic carboxylic acids is 1. The number of nitrogens with zero attached hydrogens (tertiary/aromatic N) is 2. The first kappa shape index (κ1) is 17.7. The Kier molecular flexibility index (Phi) is 5.03. The van der Waals surface area contributed by atoms with Crippen LogP contribution in [0.25, 0.3) is 0 Å². The van der Waals surface area contributed by atoms with E-state index >= 15 is 0 Å². The molecule has 0 saturated carbocycles. The second-order valence-electron chi connectivity index (χ2n) is 5.70. The van der Waals surface area contributed by atoms with Crippen LogP contribution in [0.5, 0.6) is 0 Å². The van der Waals surface area contributed by atoms with Crippen LogP contribution in [-0.4, -0.2) is 38.7 Å². The molecule has 2 rings (SSSR count). The van der Waals surface area contributed by atoms with Crippen LogP contribution < -0.4 is 10.6 Å². The number of hydrogen-bond acceptors (Lipinski definition) is 5. The summed E-state index contributed by atoms with van der Waals surface area (Å²) in [5.74, 6) is -1.79. The third-order valence-electron chi connectivity index (χ3n) is 3.43. The van der Waals surface area contributed by atoms with Crippen molar-refractivity contribution < 1.29 is 19.5 Å². The Morgan fingerprint density at radius 3 is 2.67 bits per heavy atom. The van der Waals surface area contributed by atoms with E-state index in [1.54, 1.807) is 24.4 Å². The fourth-order valence-corrected chi connectivity index (χ4v) is 2.41. The molecular formula is C15H18N4O4S. The van der Waals surface area contributed by atoms with Gasteiger partial charge in [0, 0.05) is 6.20 Å². The van der Waals surface area contributed by atoms with Crippen molar-refractivity contribution in [2.45, 2.75) is 32.4 Å². The molecular weight excluding hydrogens is 332 g/mol. The van der Waals surface area contributed by atoms with Crippen molar-refractivity contribution in [3.8, 4) is 0 Å². The van der Waals surface area contributed by atoms with Gasteiger partial charge in [-0.3, -0.25) is 14.3 Å². The summed E-state index contributed by atoms with van der Waals surface area (Å²) in [6.07, 6.45) is 2.79. The molecule has 1 unspecified atom stereocenters. The molecule has 0 aliphatic heterocycles. The Balaban J connectivity index is 1.98. The molecule has 0 aromatic carbocycles. The average Bonchev–Trinajstić information content (AvgIpc) is 3.18. The Labute approximate surface area is 142 Å². The zero-order valence-corrected chi connectivity index (χ0v) is 14.3. The van der Waals surface area contributed by atoms with Crippen molar-refractivity contribution in [3.05, 3.63) is 34.8 Å². The number of aromatic nitrogens is 2. The van der Waals surface area contributed by atoms with Crippen LogP contribution in [0.1, 0.15) is 30.4 Å². The summed E-state index contributed by atoms with van der Waals surface area (Å²) in [4.78, 5) is 35.8. The molecule has 2 aromatic heterocycles. The molecule has 0 aliphatic carbocycles. The topological polar surface area (TPSA) is 113 Å². The van der Waals surface area contributed by atoms with Gasteiger partial charge in [-0.25, -0.2) is 4.79 Å². The fraction of sp³-hybridized carbons (Fsp3) is 0.333. The molecule has 3 N–H and O–H groups in total. The van der Waals surface area contributed by atoms with Crippen LogP contribution in [0.15, 0.2) is 29.9 Å². The summed E-state index contributed by atoms with van der Waals surface area (Å²) in [6.45, 7) is 4.56. The lowest BCUT2D eigenvalue weighted by Crippen LogP contribution is -2.41. The van der Waals surface area contributed by atoms with Gasteiger partial charge >= 0.3 is 5.97 Å². The summed E-state index contributed by atoms with van der Waals surface area (Å²) in [5.41, 5.74) is -0.881. The molecule has 1 atom stereocenters. The van der Waals surface area contributed by atoms with Gasteiger partial charge in [0.2, 0.25) is 5.91 Å². The third kappa shape index (κ3) is 3.80. The van der Waals surface area contributed by atoms with Crippen LogP contribution >= 0.6 is 11.3 Å². The van der Waals surface area contributed by atoms with Crippen molar-refractivity contribution in [2.24, 2.45) is 0 Å². The standard InChI is InChI=1S/C15H18N4O4S/c1-9(17-13(21)11-5-4-6-24-11)12(20)18-10-7-16-19(8-10)15(2,3)14(22)23/h4-9H,1-3H3,(H,17,21)(H,18,20)(H,22,23). The lowest BCUT2D eigenvalue weighted by Gasteiger charge is -2.19. The molecule has 2 amide bonds. The molecule has 0 radical (unpaired) electrons. The van der Waals surface area contributed by atoms with E-state index in [9.17, 15) is 14.4 Å². The first-order valence-corrected chi connectivity index (χ1v) is 8.03. The predicted molar refractivity (Wildman–Crippen MR) is 89.1 cm³/mol. The van der Waals surface area contributed by atoms with Gasteiger partial charge in [0.05, 0.1) is 16.8 Å². The highest BCUT2D eigenvalue weighted by molar-refractivity contribution is 7.12. The number of carbonyl (C=O) groups is 3. The minimum absolute atomic E-state index is 0.324. The van der Waals surface area contributed by atoms with Crippen molar-refractivity contribution >= 4 is 34.8 Å². The van der Waals surface area contributed by atoms with Gasteiger partial charge in [0.15, 0.2) is 5.54 Å². The van der Waals surface area contributed by atoms with Crippen molar-refractivity contribution in [1.82, 2.24) is 15.1 Å². The van der Waals surface area contributed by atoms with E-state index in [0.29, 0.717) is 10.6 Å². The summed E-state index contributed by atoms with van der Waals surface area (Å²) in [7, 11) is 0. The Bertz CT molecular complexity index is 751. The zero-order valence-electron chi connectivity index (χ0n) is 13.4. The zero-order chi connectivity index (χ0) is 17.9. The van der Waals surface area contributed by atoms with E-state index in [-0.39, 0.29) is 5.91 Å². The van der Waals surface area contributed by atoms with Gasteiger partial charge in [0.1, 0.15) is 6.04 Å². The molecule has 0 fully saturated rings. The maximum absolute atomic E-state index is 12.1. The van der Waals surface area contributed by atoms with Gasteiger partial charge < -0.3 is 15.7 Å². The maximum atomic E-state index is 12.1. The second kappa shape index (κ2) is 6.83. The van der Waals surface area contributed by atoms with Crippen LogP contribution in [0, 0.1) is 0 Å². The molecule has 0 bridgehead atoms. The van der Waals surface area contributed by atoms with Gasteiger partial charge in [0.25, 0.3) is 5.91 Å². The Hall–Kier alpha value is -2.68. The first-order valence-electron chi connectivity index (χ1n) is 7.15.